The van der Waals surface area contributed by atoms with Crippen LogP contribution in [0.2, 0.25) is 0 Å². The second-order valence-electron chi connectivity index (χ2n) is 8.65. The Morgan fingerprint density at radius 1 is 1.24 bits per heavy atom. The molecule has 1 aliphatic rings. The number of piperidine rings is 1. The minimum absolute atomic E-state index is 0.292. The lowest BCUT2D eigenvalue weighted by molar-refractivity contribution is 0.459. The number of aryl methyl sites for hydroxylation is 2. The number of pyridine rings is 1. The number of imidazole rings is 1. The Labute approximate surface area is 202 Å². The predicted octanol–water partition coefficient (Wildman–Crippen LogP) is 5.42. The molecule has 1 saturated heterocycles. The predicted molar refractivity (Wildman–Crippen MR) is 134 cm³/mol. The van der Waals surface area contributed by atoms with Crippen molar-refractivity contribution in [2.75, 3.05) is 18.4 Å². The lowest BCUT2D eigenvalue weighted by Gasteiger charge is -2.23. The van der Waals surface area contributed by atoms with Crippen molar-refractivity contribution >= 4 is 22.1 Å². The van der Waals surface area contributed by atoms with Gasteiger partial charge in [0.05, 0.1) is 35.3 Å². The van der Waals surface area contributed by atoms with Gasteiger partial charge in [0.1, 0.15) is 11.5 Å². The average molecular weight is 475 g/mol. The smallest absolute Gasteiger partial charge is 0.183 e. The lowest BCUT2D eigenvalue weighted by atomic mass is 9.91. The van der Waals surface area contributed by atoms with Crippen LogP contribution in [0.1, 0.15) is 53.1 Å². The molecule has 4 heterocycles. The van der Waals surface area contributed by atoms with Gasteiger partial charge in [-0.05, 0) is 75.0 Å². The summed E-state index contributed by atoms with van der Waals surface area (Å²) in [5, 5.41) is 17.1. The number of nitriles is 1. The molecule has 4 aromatic rings. The molecule has 0 bridgehead atoms. The van der Waals surface area contributed by atoms with E-state index in [0.717, 1.165) is 59.4 Å². The van der Waals surface area contributed by atoms with Crippen LogP contribution >= 0.6 is 11.3 Å². The Morgan fingerprint density at radius 3 is 2.82 bits per heavy atom. The third-order valence-electron chi connectivity index (χ3n) is 6.53. The largest absolute Gasteiger partial charge is 0.356 e. The third kappa shape index (κ3) is 4.29. The van der Waals surface area contributed by atoms with Crippen LogP contribution in [0.3, 0.4) is 0 Å². The van der Waals surface area contributed by atoms with Gasteiger partial charge in [0.15, 0.2) is 5.13 Å². The second kappa shape index (κ2) is 9.53. The fraction of sp³-hybridized carbons (Fsp3) is 0.346. The zero-order valence-electron chi connectivity index (χ0n) is 19.4. The van der Waals surface area contributed by atoms with E-state index in [1.165, 1.54) is 29.0 Å². The minimum Gasteiger partial charge on any atom is -0.356 e. The van der Waals surface area contributed by atoms with Crippen LogP contribution in [0.25, 0.3) is 16.9 Å². The van der Waals surface area contributed by atoms with Gasteiger partial charge in [-0.15, -0.1) is 11.3 Å². The summed E-state index contributed by atoms with van der Waals surface area (Å²) in [6.07, 6.45) is 5.42. The topological polar surface area (TPSA) is 78.0 Å². The number of benzene rings is 1. The van der Waals surface area contributed by atoms with Crippen LogP contribution < -0.4 is 10.6 Å². The normalized spacial score (nSPS) is 14.4. The fourth-order valence-electron chi connectivity index (χ4n) is 4.72. The van der Waals surface area contributed by atoms with Gasteiger partial charge in [0.2, 0.25) is 0 Å². The first-order chi connectivity index (χ1) is 16.6. The summed E-state index contributed by atoms with van der Waals surface area (Å²) >= 11 is 1.54. The molecule has 0 atom stereocenters. The first-order valence-electron chi connectivity index (χ1n) is 11.7. The number of thiazole rings is 1. The van der Waals surface area contributed by atoms with E-state index in [4.69, 9.17) is 9.97 Å². The maximum absolute atomic E-state index is 13.6. The molecule has 2 N–H and O–H groups in total. The molecule has 0 radical (unpaired) electrons. The summed E-state index contributed by atoms with van der Waals surface area (Å²) in [6.45, 7) is 6.83. The maximum Gasteiger partial charge on any atom is 0.183 e. The SMILES string of the molecule is CCc1nc2ccc(C3CCNCC3)cn2c1CNc1nc(-c2ccc(F)cc2C#N)c(C)s1. The highest BCUT2D eigenvalue weighted by molar-refractivity contribution is 7.16. The van der Waals surface area contributed by atoms with E-state index in [2.05, 4.69) is 46.4 Å². The van der Waals surface area contributed by atoms with Crippen LogP contribution in [-0.4, -0.2) is 27.5 Å². The number of nitrogens with zero attached hydrogens (tertiary/aromatic N) is 4. The highest BCUT2D eigenvalue weighted by atomic mass is 32.1. The number of hydrogen-bond donors (Lipinski definition) is 2. The summed E-state index contributed by atoms with van der Waals surface area (Å²) in [4.78, 5) is 10.6. The summed E-state index contributed by atoms with van der Waals surface area (Å²) in [7, 11) is 0. The first-order valence-corrected chi connectivity index (χ1v) is 12.5. The van der Waals surface area contributed by atoms with Gasteiger partial charge in [0, 0.05) is 16.6 Å². The maximum atomic E-state index is 13.6. The van der Waals surface area contributed by atoms with Gasteiger partial charge >= 0.3 is 0 Å². The highest BCUT2D eigenvalue weighted by Gasteiger charge is 2.19. The molecule has 0 saturated carbocycles. The van der Waals surface area contributed by atoms with Crippen molar-refractivity contribution < 1.29 is 4.39 Å². The molecule has 1 fully saturated rings. The first kappa shape index (κ1) is 22.5. The second-order valence-corrected chi connectivity index (χ2v) is 9.86. The van der Waals surface area contributed by atoms with E-state index in [-0.39, 0.29) is 0 Å². The Balaban J connectivity index is 1.43. The molecule has 0 spiro atoms. The number of rotatable bonds is 6. The molecule has 3 aromatic heterocycles. The van der Waals surface area contributed by atoms with Crippen molar-refractivity contribution in [1.82, 2.24) is 19.7 Å². The summed E-state index contributed by atoms with van der Waals surface area (Å²) < 4.78 is 15.8. The van der Waals surface area contributed by atoms with E-state index in [1.54, 1.807) is 6.07 Å². The molecule has 0 amide bonds. The van der Waals surface area contributed by atoms with Gasteiger partial charge in [-0.3, -0.25) is 0 Å². The molecule has 6 nitrogen and oxygen atoms in total. The Morgan fingerprint density at radius 2 is 2.06 bits per heavy atom. The number of halogens is 1. The third-order valence-corrected chi connectivity index (χ3v) is 7.46. The molecule has 1 aliphatic heterocycles. The van der Waals surface area contributed by atoms with Gasteiger partial charge in [0.25, 0.3) is 0 Å². The Bertz CT molecular complexity index is 1380. The van der Waals surface area contributed by atoms with Crippen LogP contribution in [0.5, 0.6) is 0 Å². The van der Waals surface area contributed by atoms with Crippen LogP contribution in [0.4, 0.5) is 9.52 Å². The number of fused-ring (bicyclic) bond motifs is 1. The fourth-order valence-corrected chi connectivity index (χ4v) is 5.55. The Kier molecular flexibility index (Phi) is 6.31. The van der Waals surface area contributed by atoms with Crippen molar-refractivity contribution in [2.45, 2.75) is 45.6 Å². The van der Waals surface area contributed by atoms with E-state index >= 15 is 0 Å². The minimum atomic E-state index is -0.421. The van der Waals surface area contributed by atoms with Crippen LogP contribution in [0.15, 0.2) is 36.5 Å². The van der Waals surface area contributed by atoms with E-state index < -0.39 is 5.82 Å². The van der Waals surface area contributed by atoms with Gasteiger partial charge in [-0.1, -0.05) is 13.0 Å². The van der Waals surface area contributed by atoms with Crippen molar-refractivity contribution in [3.63, 3.8) is 0 Å². The molecule has 5 rings (SSSR count). The molecular weight excluding hydrogens is 447 g/mol. The molecule has 8 heteroatoms. The molecule has 34 heavy (non-hydrogen) atoms. The average Bonchev–Trinajstić information content (AvgIpc) is 3.42. The number of nitrogens with one attached hydrogen (secondary N) is 2. The van der Waals surface area contributed by atoms with Crippen molar-refractivity contribution in [3.05, 3.63) is 69.7 Å². The zero-order chi connectivity index (χ0) is 23.7. The van der Waals surface area contributed by atoms with Crippen LogP contribution in [0, 0.1) is 24.1 Å². The zero-order valence-corrected chi connectivity index (χ0v) is 20.2. The monoisotopic (exact) mass is 474 g/mol. The lowest BCUT2D eigenvalue weighted by Crippen LogP contribution is -2.26. The molecule has 174 valence electrons. The summed E-state index contributed by atoms with van der Waals surface area (Å²) in [5.41, 5.74) is 6.21. The van der Waals surface area contributed by atoms with Gasteiger partial charge in [-0.2, -0.15) is 5.26 Å². The number of aromatic nitrogens is 3. The molecular formula is C26H27FN6S. The highest BCUT2D eigenvalue weighted by Crippen LogP contribution is 2.33. The molecule has 0 aliphatic carbocycles. The van der Waals surface area contributed by atoms with Crippen LogP contribution in [-0.2, 0) is 13.0 Å². The molecule has 0 unspecified atom stereocenters. The number of hydrogen-bond acceptors (Lipinski definition) is 6. The van der Waals surface area contributed by atoms with Crippen molar-refractivity contribution in [3.8, 4) is 17.3 Å². The Hall–Kier alpha value is -3.28. The standard InChI is InChI=1S/C26H27FN6S/c1-3-22-23(33-15-18(4-7-24(33)31-22)17-8-10-29-11-9-17)14-30-26-32-25(16(2)34-26)21-6-5-20(27)12-19(21)13-28/h4-7,12,15,17,29H,3,8-11,14H2,1-2H3,(H,30,32). The number of anilines is 1. The quantitative estimate of drug-likeness (QED) is 0.390. The van der Waals surface area contributed by atoms with E-state index in [1.807, 2.05) is 6.92 Å². The van der Waals surface area contributed by atoms with E-state index in [0.29, 0.717) is 29.3 Å². The summed E-state index contributed by atoms with van der Waals surface area (Å²) in [6, 6.07) is 10.7. The van der Waals surface area contributed by atoms with Crippen molar-refractivity contribution in [1.29, 1.82) is 5.26 Å². The molecule has 1 aromatic carbocycles. The van der Waals surface area contributed by atoms with Gasteiger partial charge < -0.3 is 15.0 Å². The van der Waals surface area contributed by atoms with Crippen molar-refractivity contribution in [2.24, 2.45) is 0 Å². The van der Waals surface area contributed by atoms with E-state index in [9.17, 15) is 9.65 Å². The van der Waals surface area contributed by atoms with Gasteiger partial charge in [-0.25, -0.2) is 14.4 Å². The summed E-state index contributed by atoms with van der Waals surface area (Å²) in [5.74, 6) is 0.156.